The number of morpholine rings is 1. The van der Waals surface area contributed by atoms with Crippen LogP contribution in [0, 0.1) is 6.92 Å². The number of nitrogen functional groups attached to an aromatic ring is 1. The quantitative estimate of drug-likeness (QED) is 0.654. The second-order valence-electron chi connectivity index (χ2n) is 5.91. The fraction of sp³-hybridized carbons (Fsp3) is 0.533. The van der Waals surface area contributed by atoms with E-state index in [9.17, 15) is 4.79 Å². The third kappa shape index (κ3) is 3.41. The largest absolute Gasteiger partial charge is 0.469 e. The van der Waals surface area contributed by atoms with Crippen LogP contribution >= 0.6 is 11.8 Å². The van der Waals surface area contributed by atoms with Crippen molar-refractivity contribution in [3.8, 4) is 11.4 Å². The van der Waals surface area contributed by atoms with E-state index in [4.69, 9.17) is 15.0 Å². The number of ether oxygens (including phenoxy) is 1. The van der Waals surface area contributed by atoms with Gasteiger partial charge in [-0.3, -0.25) is 4.79 Å². The zero-order valence-electron chi connectivity index (χ0n) is 13.9. The summed E-state index contributed by atoms with van der Waals surface area (Å²) < 4.78 is 12.3. The predicted molar refractivity (Wildman–Crippen MR) is 89.9 cm³/mol. The summed E-state index contributed by atoms with van der Waals surface area (Å²) in [5.74, 6) is 7.61. The molecule has 0 aliphatic carbocycles. The molecule has 0 aromatic carbocycles. The van der Waals surface area contributed by atoms with Crippen LogP contribution in [0.15, 0.2) is 21.9 Å². The lowest BCUT2D eigenvalue weighted by molar-refractivity contribution is -0.140. The SMILES string of the molecule is Cc1occc1-c1nnc(SCC(=O)N2C[C@@H](C)O[C@H](C)C2)n1N. The Bertz CT molecular complexity index is 719. The molecule has 0 bridgehead atoms. The minimum Gasteiger partial charge on any atom is -0.469 e. The topological polar surface area (TPSA) is 99.4 Å². The van der Waals surface area contributed by atoms with E-state index in [1.165, 1.54) is 16.4 Å². The first-order valence-corrected chi connectivity index (χ1v) is 8.75. The Morgan fingerprint density at radius 1 is 1.38 bits per heavy atom. The minimum atomic E-state index is 0.0473. The zero-order valence-corrected chi connectivity index (χ0v) is 14.7. The van der Waals surface area contributed by atoms with Gasteiger partial charge in [-0.05, 0) is 26.8 Å². The molecule has 1 aliphatic heterocycles. The molecule has 2 atom stereocenters. The molecule has 2 aromatic heterocycles. The molecule has 8 nitrogen and oxygen atoms in total. The fourth-order valence-corrected chi connectivity index (χ4v) is 3.53. The van der Waals surface area contributed by atoms with Crippen LogP contribution in [0.2, 0.25) is 0 Å². The van der Waals surface area contributed by atoms with Gasteiger partial charge >= 0.3 is 0 Å². The molecule has 0 saturated carbocycles. The van der Waals surface area contributed by atoms with Crippen LogP contribution in [0.25, 0.3) is 11.4 Å². The van der Waals surface area contributed by atoms with E-state index in [0.717, 1.165) is 11.3 Å². The molecule has 1 aliphatic rings. The van der Waals surface area contributed by atoms with Crippen LogP contribution in [0.3, 0.4) is 0 Å². The smallest absolute Gasteiger partial charge is 0.233 e. The Kier molecular flexibility index (Phi) is 4.81. The number of aryl methyl sites for hydroxylation is 1. The highest BCUT2D eigenvalue weighted by Gasteiger charge is 2.26. The summed E-state index contributed by atoms with van der Waals surface area (Å²) in [4.78, 5) is 14.2. The molecular weight excluding hydrogens is 330 g/mol. The van der Waals surface area contributed by atoms with E-state index in [2.05, 4.69) is 10.2 Å². The number of nitrogens with zero attached hydrogens (tertiary/aromatic N) is 4. The minimum absolute atomic E-state index is 0.0473. The summed E-state index contributed by atoms with van der Waals surface area (Å²) in [6.45, 7) is 7.00. The van der Waals surface area contributed by atoms with Gasteiger partial charge in [0, 0.05) is 13.1 Å². The number of thioether (sulfide) groups is 1. The number of aromatic nitrogens is 3. The molecule has 3 rings (SSSR count). The molecular formula is C15H21N5O3S. The number of amides is 1. The fourth-order valence-electron chi connectivity index (χ4n) is 2.78. The first kappa shape index (κ1) is 16.8. The lowest BCUT2D eigenvalue weighted by atomic mass is 10.2. The van der Waals surface area contributed by atoms with Crippen molar-refractivity contribution in [3.05, 3.63) is 18.1 Å². The van der Waals surface area contributed by atoms with Gasteiger partial charge in [0.05, 0.1) is 29.8 Å². The van der Waals surface area contributed by atoms with Crippen LogP contribution in [0.5, 0.6) is 0 Å². The predicted octanol–water partition coefficient (Wildman–Crippen LogP) is 1.29. The van der Waals surface area contributed by atoms with Gasteiger partial charge in [0.1, 0.15) is 5.76 Å². The maximum atomic E-state index is 12.4. The highest BCUT2D eigenvalue weighted by Crippen LogP contribution is 2.25. The number of furan rings is 1. The monoisotopic (exact) mass is 351 g/mol. The van der Waals surface area contributed by atoms with Crippen molar-refractivity contribution in [1.29, 1.82) is 0 Å². The maximum Gasteiger partial charge on any atom is 0.233 e. The van der Waals surface area contributed by atoms with Crippen molar-refractivity contribution in [3.63, 3.8) is 0 Å². The number of hydrogen-bond donors (Lipinski definition) is 1. The average molecular weight is 351 g/mol. The number of carbonyl (C=O) groups is 1. The number of carbonyl (C=O) groups excluding carboxylic acids is 1. The van der Waals surface area contributed by atoms with Crippen molar-refractivity contribution >= 4 is 17.7 Å². The Morgan fingerprint density at radius 3 is 2.71 bits per heavy atom. The standard InChI is InChI=1S/C15H21N5O3S/c1-9-6-19(7-10(2)23-9)13(21)8-24-15-18-17-14(20(15)16)12-4-5-22-11(12)3/h4-5,9-10H,6-8,16H2,1-3H3/t9-,10-/m1/s1. The van der Waals surface area contributed by atoms with Crippen molar-refractivity contribution < 1.29 is 13.9 Å². The Hall–Kier alpha value is -2.00. The lowest BCUT2D eigenvalue weighted by Gasteiger charge is -2.35. The molecule has 2 aromatic rings. The van der Waals surface area contributed by atoms with Crippen LogP contribution in [0.4, 0.5) is 0 Å². The van der Waals surface area contributed by atoms with Gasteiger partial charge in [-0.1, -0.05) is 11.8 Å². The van der Waals surface area contributed by atoms with E-state index in [-0.39, 0.29) is 23.9 Å². The van der Waals surface area contributed by atoms with Crippen molar-refractivity contribution in [2.75, 3.05) is 24.7 Å². The summed E-state index contributed by atoms with van der Waals surface area (Å²) >= 11 is 1.28. The normalized spacial score (nSPS) is 21.2. The van der Waals surface area contributed by atoms with Crippen molar-refractivity contribution in [2.24, 2.45) is 0 Å². The van der Waals surface area contributed by atoms with E-state index >= 15 is 0 Å². The lowest BCUT2D eigenvalue weighted by Crippen LogP contribution is -2.48. The van der Waals surface area contributed by atoms with Crippen LogP contribution in [-0.2, 0) is 9.53 Å². The maximum absolute atomic E-state index is 12.4. The number of rotatable bonds is 4. The van der Waals surface area contributed by atoms with Crippen molar-refractivity contribution in [2.45, 2.75) is 38.1 Å². The highest BCUT2D eigenvalue weighted by atomic mass is 32.2. The number of nitrogens with two attached hydrogens (primary N) is 1. The molecule has 0 spiro atoms. The van der Waals surface area contributed by atoms with E-state index in [1.54, 1.807) is 12.3 Å². The third-order valence-electron chi connectivity index (χ3n) is 3.86. The van der Waals surface area contributed by atoms with Gasteiger partial charge < -0.3 is 19.9 Å². The van der Waals surface area contributed by atoms with E-state index in [1.807, 2.05) is 25.7 Å². The summed E-state index contributed by atoms with van der Waals surface area (Å²) in [5.41, 5.74) is 0.791. The van der Waals surface area contributed by atoms with Gasteiger partial charge in [0.2, 0.25) is 11.1 Å². The zero-order chi connectivity index (χ0) is 17.3. The molecule has 0 radical (unpaired) electrons. The summed E-state index contributed by atoms with van der Waals surface area (Å²) in [7, 11) is 0. The Morgan fingerprint density at radius 2 is 2.08 bits per heavy atom. The van der Waals surface area contributed by atoms with Gasteiger partial charge in [-0.15, -0.1) is 10.2 Å². The molecule has 1 saturated heterocycles. The molecule has 1 amide bonds. The number of hydrogen-bond acceptors (Lipinski definition) is 7. The first-order chi connectivity index (χ1) is 11.5. The summed E-state index contributed by atoms with van der Waals surface area (Å²) in [6, 6.07) is 1.79. The van der Waals surface area contributed by atoms with Crippen LogP contribution in [-0.4, -0.2) is 56.7 Å². The molecule has 130 valence electrons. The highest BCUT2D eigenvalue weighted by molar-refractivity contribution is 7.99. The molecule has 24 heavy (non-hydrogen) atoms. The average Bonchev–Trinajstić information content (AvgIpc) is 3.09. The summed E-state index contributed by atoms with van der Waals surface area (Å²) in [6.07, 6.45) is 1.68. The Balaban J connectivity index is 1.64. The van der Waals surface area contributed by atoms with E-state index in [0.29, 0.717) is 24.1 Å². The van der Waals surface area contributed by atoms with Gasteiger partial charge in [0.15, 0.2) is 5.82 Å². The third-order valence-corrected chi connectivity index (χ3v) is 4.79. The van der Waals surface area contributed by atoms with Gasteiger partial charge in [-0.25, -0.2) is 4.68 Å². The van der Waals surface area contributed by atoms with Gasteiger partial charge in [0.25, 0.3) is 0 Å². The molecule has 2 N–H and O–H groups in total. The summed E-state index contributed by atoms with van der Waals surface area (Å²) in [5, 5.41) is 8.66. The van der Waals surface area contributed by atoms with Crippen molar-refractivity contribution in [1.82, 2.24) is 19.8 Å². The van der Waals surface area contributed by atoms with E-state index < -0.39 is 0 Å². The van der Waals surface area contributed by atoms with Gasteiger partial charge in [-0.2, -0.15) is 0 Å². The van der Waals surface area contributed by atoms with Crippen LogP contribution < -0.4 is 5.84 Å². The molecule has 0 unspecified atom stereocenters. The molecule has 1 fully saturated rings. The van der Waals surface area contributed by atoms with Crippen LogP contribution in [0.1, 0.15) is 19.6 Å². The molecule has 9 heteroatoms. The molecule has 3 heterocycles. The first-order valence-electron chi connectivity index (χ1n) is 7.76. The second-order valence-corrected chi connectivity index (χ2v) is 6.85. The second kappa shape index (κ2) is 6.86. The Labute approximate surface area is 144 Å².